The third kappa shape index (κ3) is 19.1. The van der Waals surface area contributed by atoms with Crippen LogP contribution in [0.3, 0.4) is 0 Å². The second kappa shape index (κ2) is 21.7. The summed E-state index contributed by atoms with van der Waals surface area (Å²) in [5.74, 6) is 0. The van der Waals surface area contributed by atoms with Gasteiger partial charge in [0, 0.05) is 0 Å². The van der Waals surface area contributed by atoms with E-state index in [0.717, 1.165) is 12.8 Å². The Kier molecular flexibility index (Phi) is 17.6. The van der Waals surface area contributed by atoms with E-state index in [-0.39, 0.29) is 0 Å². The van der Waals surface area contributed by atoms with Gasteiger partial charge in [0.2, 0.25) is 0 Å². The van der Waals surface area contributed by atoms with Crippen LogP contribution in [0.1, 0.15) is 12.8 Å². The molecule has 152 valence electrons. The Morgan fingerprint density at radius 2 is 0.300 bits per heavy atom. The molecule has 0 fully saturated rings. The zero-order valence-electron chi connectivity index (χ0n) is 17.6. The van der Waals surface area contributed by atoms with Crippen molar-refractivity contribution >= 4 is 0 Å². The SMILES string of the molecule is C1=CCC/C=C/C=C\C=C\C=C\C=C\C=C\C=C/C=C/C=C/C=C/C=C/C=C\C=C\1. The smallest absolute Gasteiger partial charge is 0.0313 e. The van der Waals surface area contributed by atoms with Crippen LogP contribution in [0.5, 0.6) is 0 Å². The molecule has 1 aliphatic rings. The summed E-state index contributed by atoms with van der Waals surface area (Å²) in [5.41, 5.74) is 0. The van der Waals surface area contributed by atoms with Crippen LogP contribution < -0.4 is 0 Å². The molecule has 0 spiro atoms. The number of hydrogen-bond donors (Lipinski definition) is 0. The molecule has 0 aromatic carbocycles. The maximum Gasteiger partial charge on any atom is -0.0313 e. The van der Waals surface area contributed by atoms with Crippen LogP contribution >= 0.6 is 0 Å². The van der Waals surface area contributed by atoms with Crippen LogP contribution in [0.15, 0.2) is 170 Å². The molecule has 1 aliphatic carbocycles. The van der Waals surface area contributed by atoms with Crippen LogP contribution in [0.2, 0.25) is 0 Å². The van der Waals surface area contributed by atoms with Gasteiger partial charge in [-0.3, -0.25) is 0 Å². The Balaban J connectivity index is 2.61. The summed E-state index contributed by atoms with van der Waals surface area (Å²) in [4.78, 5) is 0. The van der Waals surface area contributed by atoms with E-state index in [1.54, 1.807) is 0 Å². The number of rotatable bonds is 0. The molecule has 0 radical (unpaired) electrons. The van der Waals surface area contributed by atoms with E-state index in [0.29, 0.717) is 0 Å². The van der Waals surface area contributed by atoms with Crippen LogP contribution in [0, 0.1) is 0 Å². The van der Waals surface area contributed by atoms with E-state index in [1.165, 1.54) is 0 Å². The molecular formula is C30H32. The largest absolute Gasteiger partial charge is 0.0842 e. The Bertz CT molecular complexity index is 760. The first-order valence-corrected chi connectivity index (χ1v) is 10.3. The van der Waals surface area contributed by atoms with Crippen LogP contribution in [-0.4, -0.2) is 0 Å². The molecule has 30 heavy (non-hydrogen) atoms. The normalized spacial score (nSPS) is 30.4. The Morgan fingerprint density at radius 3 is 0.467 bits per heavy atom. The summed E-state index contributed by atoms with van der Waals surface area (Å²) in [6.45, 7) is 0. The fraction of sp³-hybridized carbons (Fsp3) is 0.0667. The van der Waals surface area contributed by atoms with Crippen molar-refractivity contribution in [3.05, 3.63) is 170 Å². The highest BCUT2D eigenvalue weighted by atomic mass is 13.8. The third-order valence-corrected chi connectivity index (χ3v) is 3.55. The van der Waals surface area contributed by atoms with Gasteiger partial charge < -0.3 is 0 Å². The van der Waals surface area contributed by atoms with Gasteiger partial charge in [0.05, 0.1) is 0 Å². The highest BCUT2D eigenvalue weighted by molar-refractivity contribution is 5.23. The summed E-state index contributed by atoms with van der Waals surface area (Å²) < 4.78 is 0. The van der Waals surface area contributed by atoms with Gasteiger partial charge in [0.1, 0.15) is 0 Å². The second-order valence-corrected chi connectivity index (χ2v) is 6.05. The van der Waals surface area contributed by atoms with E-state index in [1.807, 2.05) is 134 Å². The first-order valence-electron chi connectivity index (χ1n) is 10.3. The van der Waals surface area contributed by atoms with Crippen LogP contribution in [0.4, 0.5) is 0 Å². The lowest BCUT2D eigenvalue weighted by atomic mass is 10.2. The third-order valence-electron chi connectivity index (χ3n) is 3.55. The molecule has 0 saturated carbocycles. The summed E-state index contributed by atoms with van der Waals surface area (Å²) in [6, 6.07) is 0. The predicted molar refractivity (Wildman–Crippen MR) is 137 cm³/mol. The fourth-order valence-corrected chi connectivity index (χ4v) is 2.08. The van der Waals surface area contributed by atoms with Gasteiger partial charge in [-0.15, -0.1) is 0 Å². The van der Waals surface area contributed by atoms with Crippen LogP contribution in [0.25, 0.3) is 0 Å². The minimum absolute atomic E-state index is 1.04. The van der Waals surface area contributed by atoms with Crippen molar-refractivity contribution in [3.63, 3.8) is 0 Å². The molecule has 0 aromatic heterocycles. The number of allylic oxidation sites excluding steroid dienone is 28. The van der Waals surface area contributed by atoms with Crippen molar-refractivity contribution in [1.82, 2.24) is 0 Å². The van der Waals surface area contributed by atoms with E-state index < -0.39 is 0 Å². The van der Waals surface area contributed by atoms with E-state index in [9.17, 15) is 0 Å². The lowest BCUT2D eigenvalue weighted by Gasteiger charge is -1.84. The molecule has 0 heterocycles. The molecule has 0 atom stereocenters. The van der Waals surface area contributed by atoms with Gasteiger partial charge in [0.25, 0.3) is 0 Å². The zero-order valence-corrected chi connectivity index (χ0v) is 17.6. The first kappa shape index (κ1) is 24.4. The summed E-state index contributed by atoms with van der Waals surface area (Å²) in [6.07, 6.45) is 59.0. The molecular weight excluding hydrogens is 360 g/mol. The maximum absolute atomic E-state index is 2.18. The molecule has 0 bridgehead atoms. The Labute approximate surface area is 183 Å². The van der Waals surface area contributed by atoms with Gasteiger partial charge in [-0.05, 0) is 12.8 Å². The van der Waals surface area contributed by atoms with E-state index in [2.05, 4.69) is 36.5 Å². The van der Waals surface area contributed by atoms with Gasteiger partial charge >= 0.3 is 0 Å². The lowest BCUT2D eigenvalue weighted by molar-refractivity contribution is 1.05. The monoisotopic (exact) mass is 392 g/mol. The average Bonchev–Trinajstić information content (AvgIpc) is 2.76. The average molecular weight is 393 g/mol. The molecule has 0 amide bonds. The van der Waals surface area contributed by atoms with Crippen molar-refractivity contribution in [2.45, 2.75) is 12.8 Å². The van der Waals surface area contributed by atoms with Gasteiger partial charge in [-0.2, -0.15) is 0 Å². The standard InChI is InChI=1S/C30H32/c1-2-4-6-8-10-12-14-16-18-20-22-24-26-28-30-29-27-25-23-21-19-17-15-13-11-9-7-5-3-1/h1-28H,29-30H2/b3-1-,4-2+,7-5+,8-6+,11-9+,12-10+,15-13+,16-14+,19-17+,20-18-,23-21-,24-22+,27-25+,28-26?. The molecule has 0 heteroatoms. The van der Waals surface area contributed by atoms with Gasteiger partial charge in [-0.1, -0.05) is 170 Å². The highest BCUT2D eigenvalue weighted by Gasteiger charge is 1.74. The predicted octanol–water partition coefficient (Wildman–Crippen LogP) is 8.57. The van der Waals surface area contributed by atoms with Crippen molar-refractivity contribution in [2.24, 2.45) is 0 Å². The van der Waals surface area contributed by atoms with Crippen molar-refractivity contribution in [2.75, 3.05) is 0 Å². The number of hydrogen-bond acceptors (Lipinski definition) is 0. The van der Waals surface area contributed by atoms with Gasteiger partial charge in [-0.25, -0.2) is 0 Å². The highest BCUT2D eigenvalue weighted by Crippen LogP contribution is 1.94. The zero-order chi connectivity index (χ0) is 21.2. The van der Waals surface area contributed by atoms with Crippen molar-refractivity contribution in [1.29, 1.82) is 0 Å². The topological polar surface area (TPSA) is 0 Å². The summed E-state index contributed by atoms with van der Waals surface area (Å²) in [5, 5.41) is 0. The minimum Gasteiger partial charge on any atom is -0.0842 e. The maximum atomic E-state index is 2.18. The second-order valence-electron chi connectivity index (χ2n) is 6.05. The Morgan fingerprint density at radius 1 is 0.167 bits per heavy atom. The van der Waals surface area contributed by atoms with E-state index in [4.69, 9.17) is 0 Å². The molecule has 1 rings (SSSR count). The molecule has 0 aliphatic heterocycles. The Hall–Kier alpha value is -3.64. The summed E-state index contributed by atoms with van der Waals surface area (Å²) in [7, 11) is 0. The van der Waals surface area contributed by atoms with Gasteiger partial charge in [0.15, 0.2) is 0 Å². The lowest BCUT2D eigenvalue weighted by Crippen LogP contribution is -1.63. The van der Waals surface area contributed by atoms with Crippen LogP contribution in [-0.2, 0) is 0 Å². The summed E-state index contributed by atoms with van der Waals surface area (Å²) >= 11 is 0. The minimum atomic E-state index is 1.04. The molecule has 0 nitrogen and oxygen atoms in total. The molecule has 0 N–H and O–H groups in total. The quantitative estimate of drug-likeness (QED) is 0.387. The van der Waals surface area contributed by atoms with E-state index >= 15 is 0 Å². The molecule has 0 aromatic rings. The van der Waals surface area contributed by atoms with Crippen molar-refractivity contribution in [3.8, 4) is 0 Å². The molecule has 0 unspecified atom stereocenters. The first-order chi connectivity index (χ1) is 15.0. The molecule has 0 saturated heterocycles. The van der Waals surface area contributed by atoms with Crippen molar-refractivity contribution < 1.29 is 0 Å². The fourth-order valence-electron chi connectivity index (χ4n) is 2.08.